The summed E-state index contributed by atoms with van der Waals surface area (Å²) >= 11 is 0. The molecule has 0 bridgehead atoms. The lowest BCUT2D eigenvalue weighted by Crippen LogP contribution is -2.12. The molecule has 7 heteroatoms. The van der Waals surface area contributed by atoms with Crippen LogP contribution in [0.4, 0.5) is 5.69 Å². The molecule has 0 aliphatic carbocycles. The molecule has 1 aromatic heterocycles. The lowest BCUT2D eigenvalue weighted by atomic mass is 10.2. The third-order valence-corrected chi connectivity index (χ3v) is 3.07. The fourth-order valence-electron chi connectivity index (χ4n) is 2.00. The molecule has 1 aromatic carbocycles. The van der Waals surface area contributed by atoms with Crippen LogP contribution in [-0.4, -0.2) is 27.2 Å². The van der Waals surface area contributed by atoms with Gasteiger partial charge in [-0.05, 0) is 18.2 Å². The summed E-state index contributed by atoms with van der Waals surface area (Å²) in [5, 5.41) is 2.74. The standard InChI is InChI=1S/C15H18N2O5/c1-19-12-5-4-11(13(20-2)14(12)21-3)17-15(18)9-6-10(7-16)22-8-9/h4-6,8H,7,16H2,1-3H3,(H,17,18). The fourth-order valence-corrected chi connectivity index (χ4v) is 2.00. The molecule has 2 aromatic rings. The largest absolute Gasteiger partial charge is 0.493 e. The highest BCUT2D eigenvalue weighted by Crippen LogP contribution is 2.42. The molecule has 0 fully saturated rings. The Kier molecular flexibility index (Phi) is 4.90. The summed E-state index contributed by atoms with van der Waals surface area (Å²) in [6.07, 6.45) is 1.35. The second-order valence-electron chi connectivity index (χ2n) is 4.34. The minimum absolute atomic E-state index is 0.229. The molecule has 1 amide bonds. The van der Waals surface area contributed by atoms with E-state index in [2.05, 4.69) is 5.32 Å². The van der Waals surface area contributed by atoms with E-state index in [1.807, 2.05) is 0 Å². The van der Waals surface area contributed by atoms with Gasteiger partial charge in [0.25, 0.3) is 5.91 Å². The van der Waals surface area contributed by atoms with Gasteiger partial charge in [0.05, 0.1) is 39.1 Å². The second kappa shape index (κ2) is 6.86. The van der Waals surface area contributed by atoms with Crippen LogP contribution in [0.5, 0.6) is 17.2 Å². The van der Waals surface area contributed by atoms with Gasteiger partial charge in [0.15, 0.2) is 11.5 Å². The summed E-state index contributed by atoms with van der Waals surface area (Å²) in [6, 6.07) is 4.93. The van der Waals surface area contributed by atoms with Gasteiger partial charge in [-0.3, -0.25) is 4.79 Å². The third kappa shape index (κ3) is 2.99. The smallest absolute Gasteiger partial charge is 0.259 e. The first kappa shape index (κ1) is 15.7. The minimum Gasteiger partial charge on any atom is -0.493 e. The highest BCUT2D eigenvalue weighted by atomic mass is 16.5. The van der Waals surface area contributed by atoms with Crippen LogP contribution in [-0.2, 0) is 6.54 Å². The van der Waals surface area contributed by atoms with Crippen LogP contribution in [0.1, 0.15) is 16.1 Å². The summed E-state index contributed by atoms with van der Waals surface area (Å²) in [7, 11) is 4.50. The predicted octanol–water partition coefficient (Wildman–Crippen LogP) is 2.02. The van der Waals surface area contributed by atoms with Crippen LogP contribution >= 0.6 is 0 Å². The van der Waals surface area contributed by atoms with E-state index in [0.717, 1.165) is 0 Å². The maximum Gasteiger partial charge on any atom is 0.259 e. The number of benzene rings is 1. The van der Waals surface area contributed by atoms with Crippen molar-refractivity contribution in [1.29, 1.82) is 0 Å². The van der Waals surface area contributed by atoms with Crippen molar-refractivity contribution in [3.8, 4) is 17.2 Å². The Labute approximate surface area is 127 Å². The Morgan fingerprint density at radius 3 is 2.45 bits per heavy atom. The molecule has 1 heterocycles. The summed E-state index contributed by atoms with van der Waals surface area (Å²) in [4.78, 5) is 12.2. The van der Waals surface area contributed by atoms with Crippen molar-refractivity contribution < 1.29 is 23.4 Å². The van der Waals surface area contributed by atoms with Crippen molar-refractivity contribution in [2.24, 2.45) is 5.73 Å². The number of furan rings is 1. The van der Waals surface area contributed by atoms with Gasteiger partial charge in [0.2, 0.25) is 5.75 Å². The van der Waals surface area contributed by atoms with Gasteiger partial charge < -0.3 is 29.7 Å². The number of nitrogens with one attached hydrogen (secondary N) is 1. The molecular weight excluding hydrogens is 288 g/mol. The van der Waals surface area contributed by atoms with E-state index >= 15 is 0 Å². The predicted molar refractivity (Wildman–Crippen MR) is 80.7 cm³/mol. The number of rotatable bonds is 6. The number of nitrogens with two attached hydrogens (primary N) is 1. The normalized spacial score (nSPS) is 10.2. The van der Waals surface area contributed by atoms with E-state index in [4.69, 9.17) is 24.4 Å². The minimum atomic E-state index is -0.339. The van der Waals surface area contributed by atoms with Gasteiger partial charge in [-0.15, -0.1) is 0 Å². The monoisotopic (exact) mass is 306 g/mol. The van der Waals surface area contributed by atoms with Crippen LogP contribution in [0.25, 0.3) is 0 Å². The van der Waals surface area contributed by atoms with Crippen molar-refractivity contribution in [1.82, 2.24) is 0 Å². The Morgan fingerprint density at radius 2 is 1.91 bits per heavy atom. The van der Waals surface area contributed by atoms with Crippen molar-refractivity contribution >= 4 is 11.6 Å². The number of methoxy groups -OCH3 is 3. The summed E-state index contributed by atoms with van der Waals surface area (Å²) in [5.74, 6) is 1.47. The first-order valence-corrected chi connectivity index (χ1v) is 6.52. The molecule has 0 aliphatic rings. The van der Waals surface area contributed by atoms with Crippen molar-refractivity contribution in [2.75, 3.05) is 26.6 Å². The van der Waals surface area contributed by atoms with Gasteiger partial charge in [0.1, 0.15) is 12.0 Å². The topological polar surface area (TPSA) is 96.0 Å². The van der Waals surface area contributed by atoms with E-state index in [1.165, 1.54) is 27.6 Å². The number of hydrogen-bond donors (Lipinski definition) is 2. The molecule has 0 unspecified atom stereocenters. The molecule has 0 spiro atoms. The third-order valence-electron chi connectivity index (χ3n) is 3.07. The van der Waals surface area contributed by atoms with Crippen molar-refractivity contribution in [2.45, 2.75) is 6.54 Å². The van der Waals surface area contributed by atoms with Crippen LogP contribution in [0, 0.1) is 0 Å². The number of anilines is 1. The van der Waals surface area contributed by atoms with Gasteiger partial charge in [-0.25, -0.2) is 0 Å². The van der Waals surface area contributed by atoms with Crippen LogP contribution in [0.3, 0.4) is 0 Å². The molecular formula is C15H18N2O5. The zero-order chi connectivity index (χ0) is 16.1. The lowest BCUT2D eigenvalue weighted by Gasteiger charge is -2.15. The molecule has 0 saturated carbocycles. The maximum atomic E-state index is 12.2. The number of carbonyl (C=O) groups is 1. The zero-order valence-corrected chi connectivity index (χ0v) is 12.6. The van der Waals surface area contributed by atoms with Crippen LogP contribution in [0.15, 0.2) is 28.9 Å². The molecule has 0 radical (unpaired) electrons. The highest BCUT2D eigenvalue weighted by molar-refractivity contribution is 6.05. The average molecular weight is 306 g/mol. The molecule has 22 heavy (non-hydrogen) atoms. The first-order valence-electron chi connectivity index (χ1n) is 6.52. The summed E-state index contributed by atoms with van der Waals surface area (Å²) in [5.41, 5.74) is 6.29. The molecule has 118 valence electrons. The number of carbonyl (C=O) groups excluding carboxylic acids is 1. The highest BCUT2D eigenvalue weighted by Gasteiger charge is 2.18. The second-order valence-corrected chi connectivity index (χ2v) is 4.34. The van der Waals surface area contributed by atoms with Gasteiger partial charge >= 0.3 is 0 Å². The zero-order valence-electron chi connectivity index (χ0n) is 12.6. The molecule has 0 saturated heterocycles. The first-order chi connectivity index (χ1) is 10.6. The van der Waals surface area contributed by atoms with Crippen molar-refractivity contribution in [3.05, 3.63) is 35.8 Å². The van der Waals surface area contributed by atoms with Crippen LogP contribution in [0.2, 0.25) is 0 Å². The van der Waals surface area contributed by atoms with Gasteiger partial charge in [0, 0.05) is 0 Å². The molecule has 0 atom stereocenters. The Morgan fingerprint density at radius 1 is 1.18 bits per heavy atom. The van der Waals surface area contributed by atoms with E-state index in [1.54, 1.807) is 18.2 Å². The Hall–Kier alpha value is -2.67. The van der Waals surface area contributed by atoms with E-state index in [9.17, 15) is 4.79 Å². The van der Waals surface area contributed by atoms with E-state index < -0.39 is 0 Å². The number of ether oxygens (including phenoxy) is 3. The van der Waals surface area contributed by atoms with Crippen molar-refractivity contribution in [3.63, 3.8) is 0 Å². The van der Waals surface area contributed by atoms with Gasteiger partial charge in [-0.1, -0.05) is 0 Å². The molecule has 0 aliphatic heterocycles. The van der Waals surface area contributed by atoms with E-state index in [-0.39, 0.29) is 12.5 Å². The van der Waals surface area contributed by atoms with E-state index in [0.29, 0.717) is 34.3 Å². The Balaban J connectivity index is 2.30. The summed E-state index contributed by atoms with van der Waals surface area (Å²) in [6.45, 7) is 0.229. The summed E-state index contributed by atoms with van der Waals surface area (Å²) < 4.78 is 20.9. The number of hydrogen-bond acceptors (Lipinski definition) is 6. The molecule has 7 nitrogen and oxygen atoms in total. The Bertz CT molecular complexity index is 666. The fraction of sp³-hybridized carbons (Fsp3) is 0.267. The maximum absolute atomic E-state index is 12.2. The van der Waals surface area contributed by atoms with Gasteiger partial charge in [-0.2, -0.15) is 0 Å². The lowest BCUT2D eigenvalue weighted by molar-refractivity contribution is 0.102. The average Bonchev–Trinajstić information content (AvgIpc) is 3.03. The molecule has 3 N–H and O–H groups in total. The number of amides is 1. The quantitative estimate of drug-likeness (QED) is 0.847. The van der Waals surface area contributed by atoms with Crippen LogP contribution < -0.4 is 25.3 Å². The SMILES string of the molecule is COc1ccc(NC(=O)c2coc(CN)c2)c(OC)c1OC. The molecule has 2 rings (SSSR count).